The summed E-state index contributed by atoms with van der Waals surface area (Å²) in [4.78, 5) is 54.2. The van der Waals surface area contributed by atoms with Gasteiger partial charge in [-0.15, -0.1) is 0 Å². The van der Waals surface area contributed by atoms with Gasteiger partial charge in [-0.05, 0) is 42.0 Å². The van der Waals surface area contributed by atoms with E-state index in [1.165, 1.54) is 30.3 Å². The van der Waals surface area contributed by atoms with Crippen LogP contribution in [-0.4, -0.2) is 27.5 Å². The number of carbonyl (C=O) groups excluding carboxylic acids is 3. The smallest absolute Gasteiger partial charge is 0.325 e. The van der Waals surface area contributed by atoms with Crippen molar-refractivity contribution in [2.45, 2.75) is 35.1 Å². The van der Waals surface area contributed by atoms with Gasteiger partial charge in [-0.25, -0.2) is 4.90 Å². The van der Waals surface area contributed by atoms with Crippen molar-refractivity contribution in [1.29, 1.82) is 0 Å². The van der Waals surface area contributed by atoms with Crippen LogP contribution in [0.2, 0.25) is 10.0 Å². The molecule has 4 aromatic rings. The monoisotopic (exact) mass is 731 g/mol. The molecule has 2 unspecified atom stereocenters. The number of amides is 3. The zero-order valence-electron chi connectivity index (χ0n) is 23.2. The number of thioether (sulfide) groups is 1. The van der Waals surface area contributed by atoms with Crippen LogP contribution in [0.25, 0.3) is 0 Å². The maximum atomic E-state index is 14.0. The number of aromatic nitrogens is 1. The number of rotatable bonds is 5. The van der Waals surface area contributed by atoms with Crippen LogP contribution >= 0.6 is 46.3 Å². The van der Waals surface area contributed by atoms with Gasteiger partial charge in [-0.3, -0.25) is 23.7 Å². The van der Waals surface area contributed by atoms with E-state index in [9.17, 15) is 45.5 Å². The Kier molecular flexibility index (Phi) is 8.47. The molecule has 1 N–H and O–H groups in total. The van der Waals surface area contributed by atoms with Crippen LogP contribution in [0.1, 0.15) is 27.5 Å². The van der Waals surface area contributed by atoms with Crippen molar-refractivity contribution < 1.29 is 40.7 Å². The minimum atomic E-state index is -4.90. The molecule has 1 aromatic heterocycles. The molecule has 7 nitrogen and oxygen atoms in total. The Morgan fingerprint density at radius 1 is 0.872 bits per heavy atom. The van der Waals surface area contributed by atoms with Crippen LogP contribution in [0.4, 0.5) is 37.7 Å². The molecule has 1 fully saturated rings. The number of para-hydroxylation sites is 1. The lowest BCUT2D eigenvalue weighted by Crippen LogP contribution is -2.33. The number of halogens is 8. The molecule has 244 valence electrons. The van der Waals surface area contributed by atoms with Crippen molar-refractivity contribution in [2.75, 3.05) is 10.2 Å². The maximum absolute atomic E-state index is 14.0. The van der Waals surface area contributed by atoms with Crippen molar-refractivity contribution >= 4 is 75.4 Å². The molecule has 0 radical (unpaired) electrons. The number of fused-ring (bicyclic) bond motifs is 2. The number of imide groups is 1. The number of thiazole rings is 1. The Bertz CT molecular complexity index is 2010. The molecule has 3 amide bonds. The highest BCUT2D eigenvalue weighted by Gasteiger charge is 2.58. The molecule has 3 atom stereocenters. The van der Waals surface area contributed by atoms with Crippen molar-refractivity contribution in [3.63, 3.8) is 0 Å². The van der Waals surface area contributed by atoms with Crippen molar-refractivity contribution in [3.8, 4) is 0 Å². The predicted molar refractivity (Wildman–Crippen MR) is 164 cm³/mol. The van der Waals surface area contributed by atoms with Gasteiger partial charge < -0.3 is 5.32 Å². The molecular weight excluding hydrogens is 715 g/mol. The fourth-order valence-corrected chi connectivity index (χ4v) is 8.80. The largest absolute Gasteiger partial charge is 0.418 e. The molecule has 17 heteroatoms. The predicted octanol–water partition coefficient (Wildman–Crippen LogP) is 7.69. The van der Waals surface area contributed by atoms with Gasteiger partial charge in [0, 0.05) is 16.5 Å². The molecule has 2 aliphatic rings. The van der Waals surface area contributed by atoms with Crippen molar-refractivity contribution in [1.82, 2.24) is 4.57 Å². The lowest BCUT2D eigenvalue weighted by molar-refractivity contribution is -0.138. The van der Waals surface area contributed by atoms with E-state index in [-0.39, 0.29) is 31.2 Å². The van der Waals surface area contributed by atoms with Crippen molar-refractivity contribution in [3.05, 3.63) is 108 Å². The van der Waals surface area contributed by atoms with Crippen LogP contribution in [0, 0.1) is 5.92 Å². The Balaban J connectivity index is 1.43. The van der Waals surface area contributed by atoms with Gasteiger partial charge in [0.05, 0.1) is 37.8 Å². The number of carbonyl (C=O) groups is 3. The molecule has 0 saturated carbocycles. The first-order chi connectivity index (χ1) is 22.1. The average molecular weight is 733 g/mol. The summed E-state index contributed by atoms with van der Waals surface area (Å²) in [6.45, 7) is -0.690. The zero-order chi connectivity index (χ0) is 34.0. The summed E-state index contributed by atoms with van der Waals surface area (Å²) < 4.78 is 82.4. The van der Waals surface area contributed by atoms with Gasteiger partial charge in [0.2, 0.25) is 17.7 Å². The Hall–Kier alpha value is -3.79. The van der Waals surface area contributed by atoms with Gasteiger partial charge in [-0.1, -0.05) is 76.6 Å². The first-order valence-corrected chi connectivity index (χ1v) is 15.9. The second kappa shape index (κ2) is 12.0. The fraction of sp³-hybridized carbons (Fsp3) is 0.200. The number of benzene rings is 3. The maximum Gasteiger partial charge on any atom is 0.418 e. The number of hydrogen-bond acceptors (Lipinski definition) is 6. The second-order valence-corrected chi connectivity index (χ2v) is 13.4. The highest BCUT2D eigenvalue weighted by Crippen LogP contribution is 2.56. The summed E-state index contributed by atoms with van der Waals surface area (Å²) in [6, 6.07) is 12.5. The number of nitrogens with one attached hydrogen (secondary N) is 1. The Labute approximate surface area is 279 Å². The molecule has 0 bridgehead atoms. The van der Waals surface area contributed by atoms with Crippen LogP contribution in [0.5, 0.6) is 0 Å². The van der Waals surface area contributed by atoms with Crippen LogP contribution in [0.15, 0.2) is 76.6 Å². The Morgan fingerprint density at radius 2 is 1.57 bits per heavy atom. The third-order valence-corrected chi connectivity index (χ3v) is 11.0. The summed E-state index contributed by atoms with van der Waals surface area (Å²) in [5, 5.41) is 1.11. The van der Waals surface area contributed by atoms with Gasteiger partial charge in [-0.2, -0.15) is 26.3 Å². The van der Waals surface area contributed by atoms with Gasteiger partial charge >= 0.3 is 17.2 Å². The summed E-state index contributed by atoms with van der Waals surface area (Å²) in [5.74, 6) is -5.25. The molecule has 3 heterocycles. The van der Waals surface area contributed by atoms with E-state index in [4.69, 9.17) is 23.2 Å². The molecule has 0 spiro atoms. The standard InChI is InChI=1S/C30H17Cl2F6N3O4S2/c31-17-9-4-7-15(22(17)32)20-21-23(26(44)41(25(21)43)18-10-2-1-8-16(18)30(36,37)38)46-27-24(20)47-28(45)40(27)12-19(42)39-14-6-3-5-13(11-14)29(33,34)35/h1-11,20-21,23H,12H2,(H,39,42)/t20-,21?,23?/m1/s1. The number of hydrogen-bond donors (Lipinski definition) is 1. The second-order valence-electron chi connectivity index (χ2n) is 10.5. The molecule has 3 aromatic carbocycles. The summed E-state index contributed by atoms with van der Waals surface area (Å²) in [6.07, 6.45) is -9.58. The minimum Gasteiger partial charge on any atom is -0.325 e. The van der Waals surface area contributed by atoms with Gasteiger partial charge in [0.1, 0.15) is 11.8 Å². The SMILES string of the molecule is O=C(Cn1c2c(sc1=O)[C@H](c1cccc(Cl)c1Cl)C1C(=O)N(c3ccccc3C(F)(F)F)C(=O)C1S2)Nc1cccc(C(F)(F)F)c1. The molecule has 6 rings (SSSR count). The van der Waals surface area contributed by atoms with E-state index in [0.717, 1.165) is 52.7 Å². The average Bonchev–Trinajstić information content (AvgIpc) is 3.44. The van der Waals surface area contributed by atoms with E-state index in [1.807, 2.05) is 0 Å². The first kappa shape index (κ1) is 33.1. The normalized spacial score (nSPS) is 19.5. The summed E-state index contributed by atoms with van der Waals surface area (Å²) >= 11 is 14.2. The lowest BCUT2D eigenvalue weighted by Gasteiger charge is -2.31. The molecular formula is C30H17Cl2F6N3O4S2. The summed E-state index contributed by atoms with van der Waals surface area (Å²) in [5.41, 5.74) is -2.84. The van der Waals surface area contributed by atoms with E-state index in [0.29, 0.717) is 16.2 Å². The topological polar surface area (TPSA) is 88.5 Å². The number of anilines is 2. The summed E-state index contributed by atoms with van der Waals surface area (Å²) in [7, 11) is 0. The van der Waals surface area contributed by atoms with Crippen LogP contribution in [0.3, 0.4) is 0 Å². The van der Waals surface area contributed by atoms with Crippen molar-refractivity contribution in [2.24, 2.45) is 5.92 Å². The number of nitrogens with zero attached hydrogens (tertiary/aromatic N) is 2. The zero-order valence-corrected chi connectivity index (χ0v) is 26.3. The first-order valence-electron chi connectivity index (χ1n) is 13.4. The van der Waals surface area contributed by atoms with E-state index in [1.54, 1.807) is 0 Å². The third-order valence-electron chi connectivity index (χ3n) is 7.59. The van der Waals surface area contributed by atoms with Gasteiger partial charge in [0.25, 0.3) is 0 Å². The van der Waals surface area contributed by atoms with Crippen LogP contribution in [-0.2, 0) is 33.3 Å². The molecule has 1 saturated heterocycles. The quantitative estimate of drug-likeness (QED) is 0.168. The molecule has 0 aliphatic carbocycles. The van der Waals surface area contributed by atoms with E-state index >= 15 is 0 Å². The van der Waals surface area contributed by atoms with Gasteiger partial charge in [0.15, 0.2) is 0 Å². The highest BCUT2D eigenvalue weighted by molar-refractivity contribution is 8.00. The van der Waals surface area contributed by atoms with Crippen LogP contribution < -0.4 is 15.1 Å². The minimum absolute atomic E-state index is 0.0140. The van der Waals surface area contributed by atoms with E-state index in [2.05, 4.69) is 5.32 Å². The van der Waals surface area contributed by atoms with E-state index < -0.39 is 75.4 Å². The Morgan fingerprint density at radius 3 is 2.28 bits per heavy atom. The highest BCUT2D eigenvalue weighted by atomic mass is 35.5. The number of alkyl halides is 6. The third kappa shape index (κ3) is 5.94. The molecule has 47 heavy (non-hydrogen) atoms. The molecule has 2 aliphatic heterocycles. The lowest BCUT2D eigenvalue weighted by atomic mass is 9.83. The fourth-order valence-electron chi connectivity index (χ4n) is 5.61.